The summed E-state index contributed by atoms with van der Waals surface area (Å²) in [6.45, 7) is 0. The average molecular weight is 412 g/mol. The third-order valence-corrected chi connectivity index (χ3v) is 4.87. The third kappa shape index (κ3) is 4.55. The first kappa shape index (κ1) is 20.8. The Morgan fingerprint density at radius 3 is 2.24 bits per heavy atom. The van der Waals surface area contributed by atoms with Crippen LogP contribution in [0, 0.1) is 17.6 Å². The molecule has 9 heteroatoms. The van der Waals surface area contributed by atoms with Gasteiger partial charge in [0.1, 0.15) is 6.04 Å². The van der Waals surface area contributed by atoms with Crippen LogP contribution in [0.1, 0.15) is 35.1 Å². The summed E-state index contributed by atoms with van der Waals surface area (Å²) in [5.41, 5.74) is -0.119. The SMILES string of the molecule is CNC(=O)C(NC(=O)C1CC1c1ccc(C(F)(F)F)cc1)c1ccc(F)c(F)c1. The van der Waals surface area contributed by atoms with Gasteiger partial charge in [0.25, 0.3) is 0 Å². The molecule has 2 aromatic rings. The second-order valence-electron chi connectivity index (χ2n) is 6.80. The van der Waals surface area contributed by atoms with Gasteiger partial charge >= 0.3 is 6.18 Å². The van der Waals surface area contributed by atoms with Crippen LogP contribution in [-0.4, -0.2) is 18.9 Å². The fourth-order valence-corrected chi connectivity index (χ4v) is 3.16. The molecule has 0 saturated heterocycles. The second-order valence-corrected chi connectivity index (χ2v) is 6.80. The second kappa shape index (κ2) is 7.81. The van der Waals surface area contributed by atoms with Crippen LogP contribution in [0.3, 0.4) is 0 Å². The Morgan fingerprint density at radius 1 is 1.03 bits per heavy atom. The molecule has 1 saturated carbocycles. The molecule has 3 rings (SSSR count). The summed E-state index contributed by atoms with van der Waals surface area (Å²) >= 11 is 0. The molecule has 0 aromatic heterocycles. The van der Waals surface area contributed by atoms with Crippen molar-refractivity contribution in [2.75, 3.05) is 7.05 Å². The van der Waals surface area contributed by atoms with E-state index in [-0.39, 0.29) is 11.5 Å². The predicted molar refractivity (Wildman–Crippen MR) is 93.6 cm³/mol. The molecule has 1 fully saturated rings. The molecule has 0 spiro atoms. The first-order valence-electron chi connectivity index (χ1n) is 8.76. The highest BCUT2D eigenvalue weighted by molar-refractivity contribution is 5.90. The Morgan fingerprint density at radius 2 is 1.69 bits per heavy atom. The maximum absolute atomic E-state index is 13.5. The maximum atomic E-state index is 13.5. The number of carbonyl (C=O) groups excluding carboxylic acids is 2. The van der Waals surface area contributed by atoms with Crippen molar-refractivity contribution in [1.29, 1.82) is 0 Å². The lowest BCUT2D eigenvalue weighted by atomic mass is 10.0. The molecule has 1 aliphatic rings. The van der Waals surface area contributed by atoms with Crippen molar-refractivity contribution >= 4 is 11.8 Å². The van der Waals surface area contributed by atoms with Gasteiger partial charge in [0.15, 0.2) is 11.6 Å². The van der Waals surface area contributed by atoms with E-state index < -0.39 is 47.1 Å². The molecule has 0 bridgehead atoms. The highest BCUT2D eigenvalue weighted by Crippen LogP contribution is 2.48. The molecule has 3 atom stereocenters. The van der Waals surface area contributed by atoms with Crippen LogP contribution in [0.4, 0.5) is 22.0 Å². The quantitative estimate of drug-likeness (QED) is 0.736. The van der Waals surface area contributed by atoms with E-state index in [1.165, 1.54) is 25.2 Å². The van der Waals surface area contributed by atoms with Gasteiger partial charge in [-0.05, 0) is 47.7 Å². The molecule has 0 radical (unpaired) electrons. The zero-order valence-electron chi connectivity index (χ0n) is 15.2. The fourth-order valence-electron chi connectivity index (χ4n) is 3.16. The van der Waals surface area contributed by atoms with Crippen LogP contribution in [0.2, 0.25) is 0 Å². The normalized spacial score (nSPS) is 19.4. The minimum Gasteiger partial charge on any atom is -0.357 e. The lowest BCUT2D eigenvalue weighted by Gasteiger charge is -2.18. The lowest BCUT2D eigenvalue weighted by Crippen LogP contribution is -2.40. The van der Waals surface area contributed by atoms with Gasteiger partial charge in [-0.2, -0.15) is 13.2 Å². The summed E-state index contributed by atoms with van der Waals surface area (Å²) in [5, 5.41) is 4.86. The monoisotopic (exact) mass is 412 g/mol. The number of nitrogens with one attached hydrogen (secondary N) is 2. The van der Waals surface area contributed by atoms with E-state index in [0.717, 1.165) is 24.3 Å². The number of carbonyl (C=O) groups is 2. The van der Waals surface area contributed by atoms with Gasteiger partial charge in [-0.25, -0.2) is 8.78 Å². The summed E-state index contributed by atoms with van der Waals surface area (Å²) in [7, 11) is 1.34. The molecular formula is C20H17F5N2O2. The lowest BCUT2D eigenvalue weighted by molar-refractivity contribution is -0.137. The number of alkyl halides is 3. The smallest absolute Gasteiger partial charge is 0.357 e. The predicted octanol–water partition coefficient (Wildman–Crippen LogP) is 3.69. The number of rotatable bonds is 5. The average Bonchev–Trinajstić information content (AvgIpc) is 3.48. The van der Waals surface area contributed by atoms with Gasteiger partial charge < -0.3 is 10.6 Å². The molecule has 2 amide bonds. The van der Waals surface area contributed by atoms with Crippen LogP contribution in [0.5, 0.6) is 0 Å². The third-order valence-electron chi connectivity index (χ3n) is 4.87. The Bertz CT molecular complexity index is 927. The Balaban J connectivity index is 1.71. The molecule has 0 aliphatic heterocycles. The van der Waals surface area contributed by atoms with Gasteiger partial charge in [-0.15, -0.1) is 0 Å². The van der Waals surface area contributed by atoms with E-state index in [1.807, 2.05) is 0 Å². The number of amides is 2. The van der Waals surface area contributed by atoms with E-state index in [2.05, 4.69) is 10.6 Å². The maximum Gasteiger partial charge on any atom is 0.416 e. The van der Waals surface area contributed by atoms with Crippen molar-refractivity contribution in [1.82, 2.24) is 10.6 Å². The topological polar surface area (TPSA) is 58.2 Å². The minimum atomic E-state index is -4.44. The van der Waals surface area contributed by atoms with Crippen molar-refractivity contribution in [2.45, 2.75) is 24.6 Å². The molecule has 2 N–H and O–H groups in total. The van der Waals surface area contributed by atoms with Crippen molar-refractivity contribution in [3.63, 3.8) is 0 Å². The standard InChI is InChI=1S/C20H17F5N2O2/c1-26-19(29)17(11-4-7-15(21)16(22)8-11)27-18(28)14-9-13(14)10-2-5-12(6-3-10)20(23,24)25/h2-8,13-14,17H,9H2,1H3,(H,26,29)(H,27,28). The van der Waals surface area contributed by atoms with Gasteiger partial charge in [0.05, 0.1) is 5.56 Å². The van der Waals surface area contributed by atoms with Crippen LogP contribution in [-0.2, 0) is 15.8 Å². The Kier molecular flexibility index (Phi) is 5.59. The van der Waals surface area contributed by atoms with Gasteiger partial charge in [-0.1, -0.05) is 18.2 Å². The van der Waals surface area contributed by atoms with E-state index in [9.17, 15) is 31.5 Å². The van der Waals surface area contributed by atoms with Crippen LogP contribution in [0.25, 0.3) is 0 Å². The highest BCUT2D eigenvalue weighted by Gasteiger charge is 2.45. The van der Waals surface area contributed by atoms with Crippen molar-refractivity contribution in [3.05, 3.63) is 70.8 Å². The van der Waals surface area contributed by atoms with E-state index in [1.54, 1.807) is 0 Å². The van der Waals surface area contributed by atoms with Crippen molar-refractivity contribution in [2.24, 2.45) is 5.92 Å². The summed E-state index contributed by atoms with van der Waals surface area (Å²) in [6, 6.07) is 6.22. The molecule has 2 aromatic carbocycles. The summed E-state index contributed by atoms with van der Waals surface area (Å²) in [5.74, 6) is -4.14. The van der Waals surface area contributed by atoms with Gasteiger partial charge in [0, 0.05) is 13.0 Å². The van der Waals surface area contributed by atoms with Crippen molar-refractivity contribution in [3.8, 4) is 0 Å². The first-order valence-corrected chi connectivity index (χ1v) is 8.76. The number of hydrogen-bond acceptors (Lipinski definition) is 2. The fraction of sp³-hybridized carbons (Fsp3) is 0.300. The first-order chi connectivity index (χ1) is 13.6. The van der Waals surface area contributed by atoms with Gasteiger partial charge in [0.2, 0.25) is 11.8 Å². The Labute approximate surface area is 163 Å². The molecule has 1 aliphatic carbocycles. The zero-order valence-corrected chi connectivity index (χ0v) is 15.2. The number of benzene rings is 2. The molecule has 154 valence electrons. The van der Waals surface area contributed by atoms with E-state index in [0.29, 0.717) is 12.0 Å². The van der Waals surface area contributed by atoms with Crippen molar-refractivity contribution < 1.29 is 31.5 Å². The van der Waals surface area contributed by atoms with E-state index in [4.69, 9.17) is 0 Å². The number of hydrogen-bond donors (Lipinski definition) is 2. The van der Waals surface area contributed by atoms with Gasteiger partial charge in [-0.3, -0.25) is 9.59 Å². The Hall–Kier alpha value is -2.97. The summed E-state index contributed by atoms with van der Waals surface area (Å²) < 4.78 is 64.6. The summed E-state index contributed by atoms with van der Waals surface area (Å²) in [4.78, 5) is 24.7. The zero-order chi connectivity index (χ0) is 21.3. The molecular weight excluding hydrogens is 395 g/mol. The number of likely N-dealkylation sites (N-methyl/N-ethyl adjacent to an activating group) is 1. The minimum absolute atomic E-state index is 0.0725. The summed E-state index contributed by atoms with van der Waals surface area (Å²) in [6.07, 6.45) is -4.03. The van der Waals surface area contributed by atoms with Crippen LogP contribution < -0.4 is 10.6 Å². The van der Waals surface area contributed by atoms with E-state index >= 15 is 0 Å². The molecule has 4 nitrogen and oxygen atoms in total. The molecule has 0 heterocycles. The van der Waals surface area contributed by atoms with Crippen LogP contribution >= 0.6 is 0 Å². The molecule has 3 unspecified atom stereocenters. The highest BCUT2D eigenvalue weighted by atomic mass is 19.4. The number of halogens is 5. The largest absolute Gasteiger partial charge is 0.416 e. The van der Waals surface area contributed by atoms with Crippen LogP contribution in [0.15, 0.2) is 42.5 Å². The molecule has 29 heavy (non-hydrogen) atoms.